The number of nitrogens with zero attached hydrogens (tertiary/aromatic N) is 3. The standard InChI is InChI=1S/C29H27ClN6O3/c1-19-24(29(39)36(34-19)22-9-5-4-6-10-22)18-31-33-28(38)26(17-20-13-15-21(16-14-20)35(2)3)32-27(37)23-11-7-8-12-25(23)30/h4-18,34H,1-3H3,(H,32,37)(H,33,38)/b26-17+,31-18-. The maximum absolute atomic E-state index is 13.1. The summed E-state index contributed by atoms with van der Waals surface area (Å²) >= 11 is 6.17. The zero-order valence-electron chi connectivity index (χ0n) is 21.6. The number of aromatic nitrogens is 2. The SMILES string of the molecule is Cc1[nH]n(-c2ccccc2)c(=O)c1/C=N\NC(=O)/C(=C\c1ccc(N(C)C)cc1)NC(=O)c1ccccc1Cl. The van der Waals surface area contributed by atoms with Crippen molar-refractivity contribution in [3.8, 4) is 5.69 Å². The number of benzene rings is 3. The summed E-state index contributed by atoms with van der Waals surface area (Å²) in [6.07, 6.45) is 2.80. The molecule has 0 aliphatic rings. The van der Waals surface area contributed by atoms with Crippen molar-refractivity contribution in [3.63, 3.8) is 0 Å². The highest BCUT2D eigenvalue weighted by atomic mass is 35.5. The maximum Gasteiger partial charge on any atom is 0.287 e. The second kappa shape index (κ2) is 12.1. The number of para-hydroxylation sites is 1. The number of rotatable bonds is 8. The van der Waals surface area contributed by atoms with Gasteiger partial charge in [0.2, 0.25) is 0 Å². The van der Waals surface area contributed by atoms with Gasteiger partial charge in [-0.15, -0.1) is 0 Å². The summed E-state index contributed by atoms with van der Waals surface area (Å²) in [5, 5.41) is 9.86. The third-order valence-electron chi connectivity index (χ3n) is 5.82. The van der Waals surface area contributed by atoms with Crippen LogP contribution in [0.25, 0.3) is 11.8 Å². The fourth-order valence-corrected chi connectivity index (χ4v) is 3.94. The van der Waals surface area contributed by atoms with E-state index in [-0.39, 0.29) is 27.4 Å². The van der Waals surface area contributed by atoms with E-state index in [9.17, 15) is 14.4 Å². The quantitative estimate of drug-likeness (QED) is 0.177. The van der Waals surface area contributed by atoms with Crippen LogP contribution in [0, 0.1) is 6.92 Å². The van der Waals surface area contributed by atoms with Crippen molar-refractivity contribution in [3.05, 3.63) is 122 Å². The lowest BCUT2D eigenvalue weighted by atomic mass is 10.1. The first-order valence-corrected chi connectivity index (χ1v) is 12.4. The summed E-state index contributed by atoms with van der Waals surface area (Å²) in [6, 6.07) is 23.1. The van der Waals surface area contributed by atoms with Crippen LogP contribution >= 0.6 is 11.6 Å². The van der Waals surface area contributed by atoms with Crippen molar-refractivity contribution in [2.75, 3.05) is 19.0 Å². The van der Waals surface area contributed by atoms with E-state index in [0.29, 0.717) is 16.9 Å². The molecule has 4 aromatic rings. The van der Waals surface area contributed by atoms with E-state index in [1.807, 2.05) is 61.5 Å². The number of aromatic amines is 1. The number of hydrogen-bond acceptors (Lipinski definition) is 5. The Morgan fingerprint density at radius 3 is 2.31 bits per heavy atom. The fourth-order valence-electron chi connectivity index (χ4n) is 3.71. The minimum absolute atomic E-state index is 0.0536. The van der Waals surface area contributed by atoms with E-state index in [2.05, 4.69) is 20.9 Å². The molecule has 0 atom stereocenters. The first-order chi connectivity index (χ1) is 18.7. The third-order valence-corrected chi connectivity index (χ3v) is 6.15. The molecule has 0 aliphatic heterocycles. The molecular weight excluding hydrogens is 516 g/mol. The van der Waals surface area contributed by atoms with E-state index < -0.39 is 11.8 Å². The predicted molar refractivity (Wildman–Crippen MR) is 155 cm³/mol. The number of carbonyl (C=O) groups excluding carboxylic acids is 2. The summed E-state index contributed by atoms with van der Waals surface area (Å²) < 4.78 is 1.39. The first kappa shape index (κ1) is 27.2. The Morgan fingerprint density at radius 2 is 1.64 bits per heavy atom. The smallest absolute Gasteiger partial charge is 0.287 e. The molecule has 0 radical (unpaired) electrons. The van der Waals surface area contributed by atoms with Gasteiger partial charge >= 0.3 is 0 Å². The second-order valence-electron chi connectivity index (χ2n) is 8.80. The normalized spacial score (nSPS) is 11.4. The molecule has 1 aromatic heterocycles. The summed E-state index contributed by atoms with van der Waals surface area (Å²) in [5.41, 5.74) is 5.43. The maximum atomic E-state index is 13.1. The molecule has 10 heteroatoms. The number of amides is 2. The van der Waals surface area contributed by atoms with E-state index in [1.54, 1.807) is 43.3 Å². The summed E-state index contributed by atoms with van der Waals surface area (Å²) in [5.74, 6) is -1.23. The van der Waals surface area contributed by atoms with Crippen molar-refractivity contribution in [2.45, 2.75) is 6.92 Å². The molecule has 0 aliphatic carbocycles. The van der Waals surface area contributed by atoms with Gasteiger partial charge in [0.15, 0.2) is 0 Å². The molecule has 0 bridgehead atoms. The van der Waals surface area contributed by atoms with Gasteiger partial charge in [-0.3, -0.25) is 19.5 Å². The lowest BCUT2D eigenvalue weighted by molar-refractivity contribution is -0.117. The Morgan fingerprint density at radius 1 is 0.974 bits per heavy atom. The van der Waals surface area contributed by atoms with Crippen molar-refractivity contribution < 1.29 is 9.59 Å². The third kappa shape index (κ3) is 6.52. The number of halogens is 1. The summed E-state index contributed by atoms with van der Waals surface area (Å²) in [7, 11) is 3.85. The zero-order chi connectivity index (χ0) is 27.9. The lowest BCUT2D eigenvalue weighted by Crippen LogP contribution is -2.33. The van der Waals surface area contributed by atoms with Gasteiger partial charge in [0.05, 0.1) is 28.1 Å². The van der Waals surface area contributed by atoms with Crippen molar-refractivity contribution in [1.82, 2.24) is 20.5 Å². The number of nitrogens with one attached hydrogen (secondary N) is 3. The minimum Gasteiger partial charge on any atom is -0.378 e. The first-order valence-electron chi connectivity index (χ1n) is 12.0. The number of hydrogen-bond donors (Lipinski definition) is 3. The van der Waals surface area contributed by atoms with Crippen LogP contribution < -0.4 is 21.2 Å². The molecule has 1 heterocycles. The number of anilines is 1. The van der Waals surface area contributed by atoms with Gasteiger partial charge in [-0.05, 0) is 55.0 Å². The molecule has 0 spiro atoms. The second-order valence-corrected chi connectivity index (χ2v) is 9.21. The van der Waals surface area contributed by atoms with Gasteiger partial charge in [0.1, 0.15) is 5.70 Å². The largest absolute Gasteiger partial charge is 0.378 e. The monoisotopic (exact) mass is 542 g/mol. The molecule has 0 saturated carbocycles. The van der Waals surface area contributed by atoms with Gasteiger partial charge in [0, 0.05) is 25.5 Å². The van der Waals surface area contributed by atoms with Crippen LogP contribution in [-0.2, 0) is 4.79 Å². The van der Waals surface area contributed by atoms with Crippen molar-refractivity contribution in [1.29, 1.82) is 0 Å². The average Bonchev–Trinajstić information content (AvgIpc) is 3.22. The predicted octanol–water partition coefficient (Wildman–Crippen LogP) is 4.11. The number of aryl methyl sites for hydroxylation is 1. The molecule has 0 saturated heterocycles. The molecule has 4 rings (SSSR count). The van der Waals surface area contributed by atoms with Gasteiger partial charge in [-0.1, -0.05) is 54.1 Å². The van der Waals surface area contributed by atoms with E-state index >= 15 is 0 Å². The van der Waals surface area contributed by atoms with Crippen LogP contribution in [0.1, 0.15) is 27.2 Å². The van der Waals surface area contributed by atoms with Crippen LogP contribution in [-0.4, -0.2) is 41.9 Å². The zero-order valence-corrected chi connectivity index (χ0v) is 22.4. The van der Waals surface area contributed by atoms with Gasteiger partial charge < -0.3 is 10.2 Å². The Labute approximate surface area is 230 Å². The van der Waals surface area contributed by atoms with Crippen LogP contribution in [0.15, 0.2) is 94.5 Å². The molecule has 198 valence electrons. The van der Waals surface area contributed by atoms with Gasteiger partial charge in [-0.2, -0.15) is 5.10 Å². The molecule has 0 unspecified atom stereocenters. The molecule has 3 aromatic carbocycles. The van der Waals surface area contributed by atoms with Crippen molar-refractivity contribution in [2.24, 2.45) is 5.10 Å². The fraction of sp³-hybridized carbons (Fsp3) is 0.103. The van der Waals surface area contributed by atoms with E-state index in [4.69, 9.17) is 11.6 Å². The molecular formula is C29H27ClN6O3. The van der Waals surface area contributed by atoms with Crippen LogP contribution in [0.4, 0.5) is 5.69 Å². The van der Waals surface area contributed by atoms with Crippen LogP contribution in [0.5, 0.6) is 0 Å². The van der Waals surface area contributed by atoms with Crippen molar-refractivity contribution >= 4 is 41.4 Å². The van der Waals surface area contributed by atoms with E-state index in [0.717, 1.165) is 5.69 Å². The molecule has 9 nitrogen and oxygen atoms in total. The Balaban J connectivity index is 1.58. The highest BCUT2D eigenvalue weighted by Gasteiger charge is 2.17. The summed E-state index contributed by atoms with van der Waals surface area (Å²) in [4.78, 5) is 40.9. The minimum atomic E-state index is -0.681. The molecule has 39 heavy (non-hydrogen) atoms. The Kier molecular flexibility index (Phi) is 8.43. The topological polar surface area (TPSA) is 112 Å². The number of hydrazone groups is 1. The van der Waals surface area contributed by atoms with Gasteiger partial charge in [0.25, 0.3) is 17.4 Å². The van der Waals surface area contributed by atoms with Gasteiger partial charge in [-0.25, -0.2) is 10.1 Å². The highest BCUT2D eigenvalue weighted by molar-refractivity contribution is 6.34. The summed E-state index contributed by atoms with van der Waals surface area (Å²) in [6.45, 7) is 1.73. The Bertz CT molecular complexity index is 1600. The van der Waals surface area contributed by atoms with Crippen LogP contribution in [0.2, 0.25) is 5.02 Å². The lowest BCUT2D eigenvalue weighted by Gasteiger charge is -2.13. The number of carbonyl (C=O) groups is 2. The Hall–Kier alpha value is -4.89. The van der Waals surface area contributed by atoms with E-state index in [1.165, 1.54) is 17.0 Å². The molecule has 3 N–H and O–H groups in total. The molecule has 0 fully saturated rings. The highest BCUT2D eigenvalue weighted by Crippen LogP contribution is 2.17. The number of H-pyrrole nitrogens is 1. The van der Waals surface area contributed by atoms with Crippen LogP contribution in [0.3, 0.4) is 0 Å². The molecule has 2 amide bonds. The average molecular weight is 543 g/mol.